The van der Waals surface area contributed by atoms with Crippen LogP contribution in [-0.4, -0.2) is 91.9 Å². The number of likely N-dealkylation sites (tertiary alicyclic amines) is 1. The van der Waals surface area contributed by atoms with Crippen LogP contribution in [0.2, 0.25) is 0 Å². The van der Waals surface area contributed by atoms with Gasteiger partial charge in [-0.3, -0.25) is 9.59 Å². The molecule has 2 unspecified atom stereocenters. The highest BCUT2D eigenvalue weighted by molar-refractivity contribution is 6.03. The maximum Gasteiger partial charge on any atom is 0.256 e. The Bertz CT molecular complexity index is 1190. The van der Waals surface area contributed by atoms with Gasteiger partial charge in [0.15, 0.2) is 0 Å². The molecule has 8 nitrogen and oxygen atoms in total. The molecule has 1 aromatic carbocycles. The van der Waals surface area contributed by atoms with Crippen molar-refractivity contribution in [1.82, 2.24) is 9.80 Å². The molecular formula is C33H46N4O4. The zero-order valence-corrected chi connectivity index (χ0v) is 24.6. The topological polar surface area (TPSA) is 99.3 Å². The van der Waals surface area contributed by atoms with Gasteiger partial charge in [-0.1, -0.05) is 30.4 Å². The number of β-amino-alcohol motifs (C(OH)–C–C–N with tert-alkyl or cyclic N) is 1. The second-order valence-electron chi connectivity index (χ2n) is 12.2. The molecule has 2 fully saturated rings. The number of nitrogens with two attached hydrogens (primary N) is 1. The van der Waals surface area contributed by atoms with Crippen LogP contribution in [0.4, 0.5) is 5.69 Å². The van der Waals surface area contributed by atoms with Crippen LogP contribution >= 0.6 is 0 Å². The van der Waals surface area contributed by atoms with Crippen LogP contribution in [0.3, 0.4) is 0 Å². The zero-order valence-electron chi connectivity index (χ0n) is 24.6. The molecule has 1 saturated carbocycles. The van der Waals surface area contributed by atoms with E-state index < -0.39 is 6.10 Å². The van der Waals surface area contributed by atoms with Crippen molar-refractivity contribution >= 4 is 17.5 Å². The number of fused-ring (bicyclic) bond motifs is 1. The number of benzene rings is 1. The van der Waals surface area contributed by atoms with E-state index in [1.54, 1.807) is 24.1 Å². The second kappa shape index (κ2) is 12.9. The van der Waals surface area contributed by atoms with E-state index >= 15 is 0 Å². The van der Waals surface area contributed by atoms with Gasteiger partial charge in [-0.05, 0) is 80.6 Å². The van der Waals surface area contributed by atoms with Gasteiger partial charge in [0.05, 0.1) is 23.5 Å². The summed E-state index contributed by atoms with van der Waals surface area (Å²) in [7, 11) is 1.78. The normalized spacial score (nSPS) is 23.1. The maximum atomic E-state index is 13.7. The lowest BCUT2D eigenvalue weighted by Gasteiger charge is -2.51. The number of aliphatic hydroxyl groups is 1. The Morgan fingerprint density at radius 2 is 1.90 bits per heavy atom. The minimum absolute atomic E-state index is 0.0416. The molecule has 4 aliphatic rings. The third-order valence-electron chi connectivity index (χ3n) is 9.60. The molecule has 1 aromatic rings. The molecule has 8 heteroatoms. The van der Waals surface area contributed by atoms with Gasteiger partial charge in [0.2, 0.25) is 0 Å². The summed E-state index contributed by atoms with van der Waals surface area (Å²) in [5.41, 5.74) is 9.31. The number of hydrogen-bond acceptors (Lipinski definition) is 6. The van der Waals surface area contributed by atoms with Crippen molar-refractivity contribution in [1.29, 1.82) is 0 Å². The number of amides is 2. The first-order valence-corrected chi connectivity index (χ1v) is 15.3. The number of anilines is 1. The van der Waals surface area contributed by atoms with Gasteiger partial charge >= 0.3 is 0 Å². The fourth-order valence-corrected chi connectivity index (χ4v) is 6.91. The minimum atomic E-state index is -0.618. The summed E-state index contributed by atoms with van der Waals surface area (Å²) in [5.74, 6) is 0.169. The van der Waals surface area contributed by atoms with E-state index in [4.69, 9.17) is 10.5 Å². The predicted molar refractivity (Wildman–Crippen MR) is 162 cm³/mol. The first kappa shape index (κ1) is 29.5. The average Bonchev–Trinajstić information content (AvgIpc) is 3.29. The van der Waals surface area contributed by atoms with E-state index in [1.165, 1.54) is 0 Å². The van der Waals surface area contributed by atoms with Crippen molar-refractivity contribution in [2.45, 2.75) is 57.7 Å². The SMILES string of the molecule is CCN1CCN(CC(O)CCC2C=CC=CC(CN)=C2)C(=O)c2ccc(C(=O)N3CCC4(CC3)CC(OC)C4)cc21. The lowest BCUT2D eigenvalue weighted by Crippen LogP contribution is -2.50. The average molecular weight is 563 g/mol. The first-order valence-electron chi connectivity index (χ1n) is 15.3. The van der Waals surface area contributed by atoms with Gasteiger partial charge in [0.25, 0.3) is 11.8 Å². The molecule has 5 rings (SSSR count). The number of ether oxygens (including phenoxy) is 1. The zero-order chi connectivity index (χ0) is 29.0. The first-order chi connectivity index (χ1) is 19.8. The highest BCUT2D eigenvalue weighted by Crippen LogP contribution is 2.50. The molecule has 222 valence electrons. The number of carbonyl (C=O) groups is 2. The monoisotopic (exact) mass is 562 g/mol. The van der Waals surface area contributed by atoms with E-state index in [0.29, 0.717) is 48.7 Å². The third kappa shape index (κ3) is 6.60. The molecular weight excluding hydrogens is 516 g/mol. The number of aliphatic hydroxyl groups excluding tert-OH is 1. The minimum Gasteiger partial charge on any atom is -0.391 e. The van der Waals surface area contributed by atoms with Gasteiger partial charge in [-0.15, -0.1) is 0 Å². The molecule has 2 atom stereocenters. The lowest BCUT2D eigenvalue weighted by atomic mass is 9.61. The van der Waals surface area contributed by atoms with Crippen molar-refractivity contribution < 1.29 is 19.4 Å². The molecule has 2 aliphatic carbocycles. The number of rotatable bonds is 9. The van der Waals surface area contributed by atoms with Crippen LogP contribution in [0.1, 0.15) is 66.2 Å². The van der Waals surface area contributed by atoms with Crippen molar-refractivity contribution in [3.63, 3.8) is 0 Å². The molecule has 0 bridgehead atoms. The molecule has 2 heterocycles. The van der Waals surface area contributed by atoms with E-state index in [0.717, 1.165) is 63.0 Å². The van der Waals surface area contributed by atoms with Gasteiger partial charge < -0.3 is 30.3 Å². The summed E-state index contributed by atoms with van der Waals surface area (Å²) >= 11 is 0. The standard InChI is InChI=1S/C33H46N4O4/c1-3-35-16-17-37(23-27(38)10-8-24-6-4-5-7-25(18-24)22-34)32(40)29-11-9-26(19-30(29)35)31(39)36-14-12-33(13-15-36)20-28(21-33)41-2/h4-7,9,11,18-19,24,27-28,38H,3,8,10,12-17,20-23,34H2,1-2H3. The van der Waals surface area contributed by atoms with Gasteiger partial charge in [0, 0.05) is 58.5 Å². The summed E-state index contributed by atoms with van der Waals surface area (Å²) in [5, 5.41) is 10.9. The Morgan fingerprint density at radius 3 is 2.61 bits per heavy atom. The summed E-state index contributed by atoms with van der Waals surface area (Å²) in [4.78, 5) is 33.0. The van der Waals surface area contributed by atoms with E-state index in [1.807, 2.05) is 29.2 Å². The summed E-state index contributed by atoms with van der Waals surface area (Å²) < 4.78 is 5.49. The van der Waals surface area contributed by atoms with E-state index in [-0.39, 0.29) is 24.3 Å². The quantitative estimate of drug-likeness (QED) is 0.476. The Morgan fingerprint density at radius 1 is 1.15 bits per heavy atom. The van der Waals surface area contributed by atoms with Crippen molar-refractivity contribution in [2.24, 2.45) is 17.1 Å². The molecule has 1 saturated heterocycles. The number of methoxy groups -OCH3 is 1. The third-order valence-corrected chi connectivity index (χ3v) is 9.60. The van der Waals surface area contributed by atoms with Crippen LogP contribution in [-0.2, 0) is 4.74 Å². The van der Waals surface area contributed by atoms with Gasteiger partial charge in [-0.2, -0.15) is 0 Å². The van der Waals surface area contributed by atoms with Crippen molar-refractivity contribution in [3.8, 4) is 0 Å². The number of hydrogen-bond donors (Lipinski definition) is 2. The number of allylic oxidation sites excluding steroid dienone is 4. The second-order valence-corrected chi connectivity index (χ2v) is 12.2. The fraction of sp³-hybridized carbons (Fsp3) is 0.576. The Hall–Kier alpha value is -2.94. The number of piperidine rings is 1. The molecule has 2 aliphatic heterocycles. The maximum absolute atomic E-state index is 13.7. The number of nitrogens with zero attached hydrogens (tertiary/aromatic N) is 3. The largest absolute Gasteiger partial charge is 0.391 e. The van der Waals surface area contributed by atoms with Crippen molar-refractivity contribution in [2.75, 3.05) is 57.8 Å². The van der Waals surface area contributed by atoms with Crippen molar-refractivity contribution in [3.05, 3.63) is 65.3 Å². The summed E-state index contributed by atoms with van der Waals surface area (Å²) in [6.45, 7) is 6.32. The van der Waals surface area contributed by atoms with Crippen LogP contribution in [0.15, 0.2) is 54.2 Å². The fourth-order valence-electron chi connectivity index (χ4n) is 6.91. The van der Waals surface area contributed by atoms with Gasteiger partial charge in [0.1, 0.15) is 0 Å². The Kier molecular flexibility index (Phi) is 9.32. The van der Waals surface area contributed by atoms with E-state index in [2.05, 4.69) is 24.0 Å². The summed E-state index contributed by atoms with van der Waals surface area (Å²) in [6, 6.07) is 5.51. The molecule has 1 spiro atoms. The smallest absolute Gasteiger partial charge is 0.256 e. The Labute approximate surface area is 244 Å². The highest BCUT2D eigenvalue weighted by atomic mass is 16.5. The van der Waals surface area contributed by atoms with Crippen LogP contribution < -0.4 is 10.6 Å². The Balaban J connectivity index is 1.22. The lowest BCUT2D eigenvalue weighted by molar-refractivity contribution is -0.0841. The van der Waals surface area contributed by atoms with Crippen LogP contribution in [0, 0.1) is 11.3 Å². The molecule has 0 aromatic heterocycles. The van der Waals surface area contributed by atoms with E-state index in [9.17, 15) is 14.7 Å². The molecule has 2 amide bonds. The summed E-state index contributed by atoms with van der Waals surface area (Å²) in [6.07, 6.45) is 15.7. The van der Waals surface area contributed by atoms with Crippen LogP contribution in [0.25, 0.3) is 0 Å². The number of likely N-dealkylation sites (N-methyl/N-ethyl adjacent to an activating group) is 1. The number of carbonyl (C=O) groups excluding carboxylic acids is 2. The van der Waals surface area contributed by atoms with Crippen LogP contribution in [0.5, 0.6) is 0 Å². The molecule has 41 heavy (non-hydrogen) atoms. The molecule has 3 N–H and O–H groups in total. The molecule has 0 radical (unpaired) electrons. The highest BCUT2D eigenvalue weighted by Gasteiger charge is 2.46. The van der Waals surface area contributed by atoms with Gasteiger partial charge in [-0.25, -0.2) is 0 Å². The predicted octanol–water partition coefficient (Wildman–Crippen LogP) is 3.77.